The van der Waals surface area contributed by atoms with E-state index in [4.69, 9.17) is 9.47 Å². The zero-order valence-electron chi connectivity index (χ0n) is 16.2. The van der Waals surface area contributed by atoms with Crippen molar-refractivity contribution in [2.24, 2.45) is 0 Å². The molecule has 3 aromatic carbocycles. The van der Waals surface area contributed by atoms with Gasteiger partial charge in [-0.3, -0.25) is 9.59 Å². The molecule has 0 spiro atoms. The van der Waals surface area contributed by atoms with Gasteiger partial charge >= 0.3 is 5.97 Å². The third-order valence-corrected chi connectivity index (χ3v) is 5.15. The molecular weight excluding hydrogens is 380 g/mol. The lowest BCUT2D eigenvalue weighted by molar-refractivity contribution is -0.133. The van der Waals surface area contributed by atoms with Gasteiger partial charge in [0.25, 0.3) is 5.56 Å². The highest BCUT2D eigenvalue weighted by atomic mass is 16.5. The minimum atomic E-state index is -0.404. The van der Waals surface area contributed by atoms with Crippen LogP contribution in [0.3, 0.4) is 0 Å². The fourth-order valence-electron chi connectivity index (χ4n) is 3.79. The molecule has 0 aliphatic heterocycles. The van der Waals surface area contributed by atoms with Gasteiger partial charge in [0.15, 0.2) is 0 Å². The highest BCUT2D eigenvalue weighted by Gasteiger charge is 2.17. The zero-order valence-corrected chi connectivity index (χ0v) is 16.2. The molecule has 0 aliphatic carbocycles. The third-order valence-electron chi connectivity index (χ3n) is 5.15. The summed E-state index contributed by atoms with van der Waals surface area (Å²) in [5.41, 5.74) is 2.15. The highest BCUT2D eigenvalue weighted by Crippen LogP contribution is 2.26. The molecular formula is C24H18N2O4. The van der Waals surface area contributed by atoms with Gasteiger partial charge in [-0.2, -0.15) is 0 Å². The topological polar surface area (TPSA) is 61.4 Å². The summed E-state index contributed by atoms with van der Waals surface area (Å²) in [6.07, 6.45) is 1.72. The van der Waals surface area contributed by atoms with Crippen LogP contribution in [-0.4, -0.2) is 22.1 Å². The lowest BCUT2D eigenvalue weighted by atomic mass is 10.1. The van der Waals surface area contributed by atoms with Crippen LogP contribution in [0.4, 0.5) is 0 Å². The van der Waals surface area contributed by atoms with E-state index in [0.717, 1.165) is 16.4 Å². The molecule has 5 aromatic rings. The average molecular weight is 398 g/mol. The molecule has 0 N–H and O–H groups in total. The first kappa shape index (κ1) is 18.0. The second kappa shape index (κ2) is 7.08. The number of benzene rings is 3. The fraction of sp³-hybridized carbons (Fsp3) is 0.0833. The lowest BCUT2D eigenvalue weighted by Gasteiger charge is -2.12. The van der Waals surface area contributed by atoms with E-state index < -0.39 is 5.97 Å². The first-order valence-corrected chi connectivity index (χ1v) is 9.53. The third kappa shape index (κ3) is 2.90. The van der Waals surface area contributed by atoms with Gasteiger partial charge in [-0.05, 0) is 48.0 Å². The molecule has 5 rings (SSSR count). The molecule has 0 saturated carbocycles. The van der Waals surface area contributed by atoms with Gasteiger partial charge in [0.2, 0.25) is 0 Å². The van der Waals surface area contributed by atoms with Crippen molar-refractivity contribution in [3.8, 4) is 11.5 Å². The number of aromatic nitrogens is 2. The van der Waals surface area contributed by atoms with E-state index in [-0.39, 0.29) is 12.0 Å². The van der Waals surface area contributed by atoms with Crippen LogP contribution in [-0.2, 0) is 11.2 Å². The zero-order chi connectivity index (χ0) is 20.7. The van der Waals surface area contributed by atoms with Crippen LogP contribution in [0.2, 0.25) is 0 Å². The SMILES string of the molecule is COc1ccc2c(c1)c(CC(=O)Oc1ccccc1)cn1c(=O)c3ccccc3n21. The van der Waals surface area contributed by atoms with Crippen molar-refractivity contribution in [1.29, 1.82) is 0 Å². The molecule has 6 nitrogen and oxygen atoms in total. The smallest absolute Gasteiger partial charge is 0.315 e. The summed E-state index contributed by atoms with van der Waals surface area (Å²) in [5, 5.41) is 1.43. The van der Waals surface area contributed by atoms with Crippen LogP contribution < -0.4 is 15.0 Å². The van der Waals surface area contributed by atoms with Gasteiger partial charge in [0, 0.05) is 11.6 Å². The summed E-state index contributed by atoms with van der Waals surface area (Å²) in [6.45, 7) is 0. The number of nitrogens with zero attached hydrogens (tertiary/aromatic N) is 2. The van der Waals surface area contributed by atoms with Gasteiger partial charge in [0.05, 0.1) is 30.0 Å². The van der Waals surface area contributed by atoms with Gasteiger partial charge in [-0.1, -0.05) is 30.3 Å². The van der Waals surface area contributed by atoms with E-state index in [1.54, 1.807) is 48.2 Å². The van der Waals surface area contributed by atoms with Crippen LogP contribution >= 0.6 is 0 Å². The molecule has 148 valence electrons. The molecule has 2 heterocycles. The molecule has 0 fully saturated rings. The second-order valence-electron chi connectivity index (χ2n) is 6.98. The number of para-hydroxylation sites is 2. The molecule has 6 heteroatoms. The number of ether oxygens (including phenoxy) is 2. The van der Waals surface area contributed by atoms with E-state index in [2.05, 4.69) is 0 Å². The summed E-state index contributed by atoms with van der Waals surface area (Å²) in [5.74, 6) is 0.748. The largest absolute Gasteiger partial charge is 0.497 e. The maximum atomic E-state index is 13.0. The lowest BCUT2D eigenvalue weighted by Crippen LogP contribution is -2.16. The van der Waals surface area contributed by atoms with Crippen molar-refractivity contribution in [3.05, 3.63) is 94.9 Å². The number of hydrogen-bond donors (Lipinski definition) is 0. The Kier molecular flexibility index (Phi) is 4.25. The molecule has 0 saturated heterocycles. The van der Waals surface area contributed by atoms with Gasteiger partial charge < -0.3 is 9.47 Å². The Morgan fingerprint density at radius 2 is 1.60 bits per heavy atom. The van der Waals surface area contributed by atoms with Crippen LogP contribution in [0.15, 0.2) is 83.8 Å². The van der Waals surface area contributed by atoms with Crippen molar-refractivity contribution in [2.75, 3.05) is 7.11 Å². The van der Waals surface area contributed by atoms with E-state index >= 15 is 0 Å². The maximum absolute atomic E-state index is 13.0. The monoisotopic (exact) mass is 398 g/mol. The Balaban J connectivity index is 1.71. The standard InChI is InChI=1S/C24H18N2O4/c1-29-18-11-12-22-20(14-18)16(13-23(27)30-17-7-3-2-4-8-17)15-25-24(28)19-9-5-6-10-21(19)26(22)25/h2-12,14-15H,13H2,1H3. The number of carbonyl (C=O) groups excluding carboxylic acids is 1. The van der Waals surface area contributed by atoms with Crippen molar-refractivity contribution >= 4 is 27.8 Å². The van der Waals surface area contributed by atoms with Crippen molar-refractivity contribution < 1.29 is 14.3 Å². The number of fused-ring (bicyclic) bond motifs is 5. The average Bonchev–Trinajstić information content (AvgIpc) is 3.06. The van der Waals surface area contributed by atoms with Crippen molar-refractivity contribution in [2.45, 2.75) is 6.42 Å². The van der Waals surface area contributed by atoms with Crippen LogP contribution in [0.5, 0.6) is 11.5 Å². The summed E-state index contributed by atoms with van der Waals surface area (Å²) in [7, 11) is 1.60. The van der Waals surface area contributed by atoms with Crippen LogP contribution in [0, 0.1) is 0 Å². The molecule has 0 bridgehead atoms. The number of carbonyl (C=O) groups is 1. The van der Waals surface area contributed by atoms with E-state index in [9.17, 15) is 9.59 Å². The quantitative estimate of drug-likeness (QED) is 0.341. The van der Waals surface area contributed by atoms with E-state index in [1.807, 2.05) is 47.0 Å². The Hall–Kier alpha value is -4.06. The maximum Gasteiger partial charge on any atom is 0.315 e. The predicted molar refractivity (Wildman–Crippen MR) is 114 cm³/mol. The summed E-state index contributed by atoms with van der Waals surface area (Å²) in [4.78, 5) is 25.6. The minimum Gasteiger partial charge on any atom is -0.497 e. The second-order valence-corrected chi connectivity index (χ2v) is 6.98. The molecule has 0 atom stereocenters. The summed E-state index contributed by atoms with van der Waals surface area (Å²) in [6, 6.07) is 22.0. The van der Waals surface area contributed by atoms with Gasteiger partial charge in [-0.25, -0.2) is 9.03 Å². The first-order valence-electron chi connectivity index (χ1n) is 9.53. The fourth-order valence-corrected chi connectivity index (χ4v) is 3.79. The molecule has 30 heavy (non-hydrogen) atoms. The van der Waals surface area contributed by atoms with Crippen LogP contribution in [0.1, 0.15) is 5.56 Å². The van der Waals surface area contributed by atoms with Gasteiger partial charge in [0.1, 0.15) is 11.5 Å². The Morgan fingerprint density at radius 3 is 2.40 bits per heavy atom. The van der Waals surface area contributed by atoms with Crippen LogP contribution in [0.25, 0.3) is 21.8 Å². The van der Waals surface area contributed by atoms with E-state index in [0.29, 0.717) is 22.4 Å². The minimum absolute atomic E-state index is 0.0169. The molecule has 0 aliphatic rings. The van der Waals surface area contributed by atoms with Crippen molar-refractivity contribution in [3.63, 3.8) is 0 Å². The summed E-state index contributed by atoms with van der Waals surface area (Å²) >= 11 is 0. The van der Waals surface area contributed by atoms with Crippen molar-refractivity contribution in [1.82, 2.24) is 9.03 Å². The molecule has 0 amide bonds. The first-order chi connectivity index (χ1) is 14.7. The molecule has 0 radical (unpaired) electrons. The highest BCUT2D eigenvalue weighted by molar-refractivity contribution is 5.91. The Bertz CT molecular complexity index is 1470. The Morgan fingerprint density at radius 1 is 0.867 bits per heavy atom. The van der Waals surface area contributed by atoms with E-state index in [1.165, 1.54) is 0 Å². The number of hydrogen-bond acceptors (Lipinski definition) is 4. The molecule has 2 aromatic heterocycles. The Labute approximate surface area is 171 Å². The number of esters is 1. The van der Waals surface area contributed by atoms with Gasteiger partial charge in [-0.15, -0.1) is 0 Å². The summed E-state index contributed by atoms with van der Waals surface area (Å²) < 4.78 is 14.3. The normalized spacial score (nSPS) is 11.2. The number of rotatable bonds is 4. The predicted octanol–water partition coefficient (Wildman–Crippen LogP) is 3.86. The molecule has 0 unspecified atom stereocenters. The number of methoxy groups -OCH3 is 1.